The van der Waals surface area contributed by atoms with E-state index in [1.54, 1.807) is 25.6 Å². The molecule has 0 fully saturated rings. The quantitative estimate of drug-likeness (QED) is 0.877. The Morgan fingerprint density at radius 2 is 2.10 bits per heavy atom. The van der Waals surface area contributed by atoms with E-state index in [0.717, 1.165) is 12.0 Å². The molecule has 108 valence electrons. The smallest absolute Gasteiger partial charge is 0.179 e. The predicted octanol–water partition coefficient (Wildman–Crippen LogP) is 3.92. The Morgan fingerprint density at radius 1 is 1.30 bits per heavy atom. The third kappa shape index (κ3) is 3.26. The maximum Gasteiger partial charge on any atom is 0.179 e. The van der Waals surface area contributed by atoms with Crippen LogP contribution in [0.25, 0.3) is 0 Å². The summed E-state index contributed by atoms with van der Waals surface area (Å²) in [6.45, 7) is 0. The molecule has 0 bridgehead atoms. The van der Waals surface area contributed by atoms with Crippen LogP contribution >= 0.6 is 22.9 Å². The molecule has 1 atom stereocenters. The highest BCUT2D eigenvalue weighted by molar-refractivity contribution is 7.07. The first-order chi connectivity index (χ1) is 9.69. The van der Waals surface area contributed by atoms with Gasteiger partial charge >= 0.3 is 0 Å². The van der Waals surface area contributed by atoms with E-state index in [-0.39, 0.29) is 6.04 Å². The van der Waals surface area contributed by atoms with Gasteiger partial charge in [-0.25, -0.2) is 0 Å². The molecule has 1 heterocycles. The van der Waals surface area contributed by atoms with Crippen molar-refractivity contribution in [2.24, 2.45) is 0 Å². The van der Waals surface area contributed by atoms with Crippen molar-refractivity contribution in [2.75, 3.05) is 21.3 Å². The molecule has 1 unspecified atom stereocenters. The first-order valence-electron chi connectivity index (χ1n) is 6.29. The number of methoxy groups -OCH3 is 2. The van der Waals surface area contributed by atoms with Gasteiger partial charge in [-0.15, -0.1) is 0 Å². The lowest BCUT2D eigenvalue weighted by molar-refractivity contribution is 0.354. The summed E-state index contributed by atoms with van der Waals surface area (Å²) in [7, 11) is 5.15. The van der Waals surface area contributed by atoms with Crippen LogP contribution in [0.1, 0.15) is 17.2 Å². The maximum absolute atomic E-state index is 6.27. The number of halogens is 1. The summed E-state index contributed by atoms with van der Waals surface area (Å²) in [6.07, 6.45) is 0.909. The molecule has 1 aromatic carbocycles. The van der Waals surface area contributed by atoms with Crippen molar-refractivity contribution in [3.8, 4) is 11.5 Å². The topological polar surface area (TPSA) is 30.5 Å². The van der Waals surface area contributed by atoms with E-state index in [1.807, 2.05) is 19.2 Å². The first-order valence-corrected chi connectivity index (χ1v) is 7.61. The fourth-order valence-electron chi connectivity index (χ4n) is 2.17. The van der Waals surface area contributed by atoms with E-state index in [4.69, 9.17) is 21.1 Å². The van der Waals surface area contributed by atoms with Gasteiger partial charge in [0.25, 0.3) is 0 Å². The van der Waals surface area contributed by atoms with Gasteiger partial charge < -0.3 is 14.8 Å². The number of ether oxygens (including phenoxy) is 2. The van der Waals surface area contributed by atoms with Gasteiger partial charge in [0.15, 0.2) is 11.5 Å². The summed E-state index contributed by atoms with van der Waals surface area (Å²) in [4.78, 5) is 0. The second-order valence-electron chi connectivity index (χ2n) is 4.42. The molecular formula is C15H18ClNO2S. The number of rotatable bonds is 6. The zero-order chi connectivity index (χ0) is 14.5. The average molecular weight is 312 g/mol. The van der Waals surface area contributed by atoms with E-state index < -0.39 is 0 Å². The van der Waals surface area contributed by atoms with Crippen molar-refractivity contribution in [3.05, 3.63) is 45.1 Å². The lowest BCUT2D eigenvalue weighted by Crippen LogP contribution is -2.18. The standard InChI is InChI=1S/C15H18ClNO2S/c1-17-13(6-10-4-5-20-9-10)11-7-12(16)15(19-3)14(8-11)18-2/h4-5,7-9,13,17H,6H2,1-3H3. The molecule has 0 spiro atoms. The van der Waals surface area contributed by atoms with E-state index in [1.165, 1.54) is 5.56 Å². The van der Waals surface area contributed by atoms with Crippen LogP contribution in [0.3, 0.4) is 0 Å². The van der Waals surface area contributed by atoms with Crippen molar-refractivity contribution in [1.82, 2.24) is 5.32 Å². The monoisotopic (exact) mass is 311 g/mol. The Kier molecular flexibility index (Phi) is 5.29. The summed E-state index contributed by atoms with van der Waals surface area (Å²) in [5.41, 5.74) is 2.39. The van der Waals surface area contributed by atoms with E-state index >= 15 is 0 Å². The fraction of sp³-hybridized carbons (Fsp3) is 0.333. The molecule has 0 aliphatic carbocycles. The lowest BCUT2D eigenvalue weighted by atomic mass is 10.00. The van der Waals surface area contributed by atoms with Gasteiger partial charge in [-0.3, -0.25) is 0 Å². The van der Waals surface area contributed by atoms with Crippen LogP contribution < -0.4 is 14.8 Å². The Balaban J connectivity index is 2.32. The van der Waals surface area contributed by atoms with Gasteiger partial charge in [0.05, 0.1) is 19.2 Å². The number of benzene rings is 1. The summed E-state index contributed by atoms with van der Waals surface area (Å²) < 4.78 is 10.6. The molecule has 20 heavy (non-hydrogen) atoms. The molecule has 0 aliphatic heterocycles. The molecule has 3 nitrogen and oxygen atoms in total. The molecule has 1 N–H and O–H groups in total. The lowest BCUT2D eigenvalue weighted by Gasteiger charge is -2.19. The van der Waals surface area contributed by atoms with Gasteiger partial charge in [0.1, 0.15) is 0 Å². The Hall–Kier alpha value is -1.23. The second-order valence-corrected chi connectivity index (χ2v) is 5.60. The predicted molar refractivity (Wildman–Crippen MR) is 84.4 cm³/mol. The van der Waals surface area contributed by atoms with Crippen LogP contribution in [-0.2, 0) is 6.42 Å². The highest BCUT2D eigenvalue weighted by Gasteiger charge is 2.16. The second kappa shape index (κ2) is 6.97. The van der Waals surface area contributed by atoms with Gasteiger partial charge in [-0.1, -0.05) is 11.6 Å². The molecule has 0 saturated heterocycles. The van der Waals surface area contributed by atoms with Crippen LogP contribution in [0.4, 0.5) is 0 Å². The molecule has 5 heteroatoms. The van der Waals surface area contributed by atoms with Gasteiger partial charge in [-0.05, 0) is 53.6 Å². The molecule has 2 rings (SSSR count). The minimum atomic E-state index is 0.182. The van der Waals surface area contributed by atoms with Crippen LogP contribution in [-0.4, -0.2) is 21.3 Å². The number of nitrogens with one attached hydrogen (secondary N) is 1. The molecule has 0 amide bonds. The van der Waals surface area contributed by atoms with Crippen molar-refractivity contribution < 1.29 is 9.47 Å². The van der Waals surface area contributed by atoms with Crippen LogP contribution in [0.15, 0.2) is 29.0 Å². The van der Waals surface area contributed by atoms with Crippen LogP contribution in [0.2, 0.25) is 5.02 Å². The minimum absolute atomic E-state index is 0.182. The number of thiophene rings is 1. The Bertz CT molecular complexity index is 557. The van der Waals surface area contributed by atoms with E-state index in [9.17, 15) is 0 Å². The number of likely N-dealkylation sites (N-methyl/N-ethyl adjacent to an activating group) is 1. The summed E-state index contributed by atoms with van der Waals surface area (Å²) in [5.74, 6) is 1.23. The average Bonchev–Trinajstić information content (AvgIpc) is 2.96. The molecule has 0 radical (unpaired) electrons. The van der Waals surface area contributed by atoms with Gasteiger partial charge in [-0.2, -0.15) is 11.3 Å². The molecule has 2 aromatic rings. The highest BCUT2D eigenvalue weighted by atomic mass is 35.5. The summed E-state index contributed by atoms with van der Waals surface area (Å²) >= 11 is 7.97. The summed E-state index contributed by atoms with van der Waals surface area (Å²) in [5, 5.41) is 8.13. The van der Waals surface area contributed by atoms with Crippen LogP contribution in [0.5, 0.6) is 11.5 Å². The van der Waals surface area contributed by atoms with Crippen LogP contribution in [0, 0.1) is 0 Å². The van der Waals surface area contributed by atoms with Gasteiger partial charge in [0, 0.05) is 6.04 Å². The zero-order valence-electron chi connectivity index (χ0n) is 11.8. The summed E-state index contributed by atoms with van der Waals surface area (Å²) in [6, 6.07) is 6.22. The zero-order valence-corrected chi connectivity index (χ0v) is 13.3. The fourth-order valence-corrected chi connectivity index (χ4v) is 3.15. The largest absolute Gasteiger partial charge is 0.493 e. The Labute approximate surface area is 128 Å². The van der Waals surface area contributed by atoms with E-state index in [2.05, 4.69) is 22.1 Å². The maximum atomic E-state index is 6.27. The molecule has 1 aromatic heterocycles. The first kappa shape index (κ1) is 15.2. The Morgan fingerprint density at radius 3 is 2.65 bits per heavy atom. The number of hydrogen-bond donors (Lipinski definition) is 1. The molecule has 0 saturated carbocycles. The van der Waals surface area contributed by atoms with Gasteiger partial charge in [0.2, 0.25) is 0 Å². The van der Waals surface area contributed by atoms with Crippen molar-refractivity contribution in [2.45, 2.75) is 12.5 Å². The molecule has 0 aliphatic rings. The SMILES string of the molecule is CNC(Cc1ccsc1)c1cc(Cl)c(OC)c(OC)c1. The van der Waals surface area contributed by atoms with E-state index in [0.29, 0.717) is 16.5 Å². The van der Waals surface area contributed by atoms with Crippen molar-refractivity contribution in [1.29, 1.82) is 0 Å². The highest BCUT2D eigenvalue weighted by Crippen LogP contribution is 2.38. The van der Waals surface area contributed by atoms with Crippen molar-refractivity contribution in [3.63, 3.8) is 0 Å². The minimum Gasteiger partial charge on any atom is -0.493 e. The molecular weight excluding hydrogens is 294 g/mol. The third-order valence-corrected chi connectivity index (χ3v) is 4.24. The van der Waals surface area contributed by atoms with Crippen molar-refractivity contribution >= 4 is 22.9 Å². The number of hydrogen-bond acceptors (Lipinski definition) is 4. The third-order valence-electron chi connectivity index (χ3n) is 3.23. The normalized spacial score (nSPS) is 12.2.